The van der Waals surface area contributed by atoms with Gasteiger partial charge in [-0.05, 0) is 18.6 Å². The molecule has 3 rings (SSSR count). The Morgan fingerprint density at radius 3 is 3.00 bits per heavy atom. The van der Waals surface area contributed by atoms with E-state index < -0.39 is 6.04 Å². The Kier molecular flexibility index (Phi) is 2.16. The average Bonchev–Trinajstić information content (AvgIpc) is 2.67. The molecule has 0 spiro atoms. The van der Waals surface area contributed by atoms with Crippen LogP contribution in [0.4, 0.5) is 5.82 Å². The Morgan fingerprint density at radius 2 is 2.18 bits per heavy atom. The smallest absolute Gasteiger partial charge is 0.244 e. The number of carbonyl (C=O) groups is 1. The Bertz CT molecular complexity index is 589. The van der Waals surface area contributed by atoms with Crippen LogP contribution < -0.4 is 10.6 Å². The highest BCUT2D eigenvalue weighted by atomic mass is 16.2. The van der Waals surface area contributed by atoms with Crippen molar-refractivity contribution in [1.82, 2.24) is 9.78 Å². The molecule has 1 aliphatic rings. The Labute approximate surface area is 98.8 Å². The zero-order valence-electron chi connectivity index (χ0n) is 9.63. The van der Waals surface area contributed by atoms with E-state index >= 15 is 0 Å². The minimum Gasteiger partial charge on any atom is -0.320 e. The Hall–Kier alpha value is -1.88. The molecule has 0 aliphatic carbocycles. The number of nitrogens with zero attached hydrogens (tertiary/aromatic N) is 3. The minimum atomic E-state index is -0.430. The van der Waals surface area contributed by atoms with E-state index in [-0.39, 0.29) is 5.91 Å². The van der Waals surface area contributed by atoms with E-state index in [1.165, 1.54) is 0 Å². The highest BCUT2D eigenvalue weighted by molar-refractivity contribution is 6.03. The van der Waals surface area contributed by atoms with Gasteiger partial charge in [0.05, 0.1) is 11.6 Å². The van der Waals surface area contributed by atoms with Gasteiger partial charge in [-0.3, -0.25) is 9.69 Å². The van der Waals surface area contributed by atoms with Gasteiger partial charge in [0.1, 0.15) is 5.82 Å². The molecule has 88 valence electrons. The van der Waals surface area contributed by atoms with Crippen LogP contribution in [0.5, 0.6) is 0 Å². The standard InChI is InChI=1S/C12H14N4O/c1-15-11-8-4-2-3-5-10(8)14-16(11)7-6-9(13)12(15)17/h2-5,9H,6-7,13H2,1H3. The predicted octanol–water partition coefficient (Wildman–Crippen LogP) is 0.730. The molecule has 2 heterocycles. The number of benzene rings is 1. The van der Waals surface area contributed by atoms with Gasteiger partial charge in [-0.2, -0.15) is 5.10 Å². The van der Waals surface area contributed by atoms with Gasteiger partial charge in [0.15, 0.2) is 0 Å². The molecule has 0 fully saturated rings. The third-order valence-electron chi connectivity index (χ3n) is 3.24. The van der Waals surface area contributed by atoms with Crippen molar-refractivity contribution < 1.29 is 4.79 Å². The number of hydrogen-bond acceptors (Lipinski definition) is 3. The summed E-state index contributed by atoms with van der Waals surface area (Å²) >= 11 is 0. The number of fused-ring (bicyclic) bond motifs is 3. The van der Waals surface area contributed by atoms with E-state index in [2.05, 4.69) is 5.10 Å². The summed E-state index contributed by atoms with van der Waals surface area (Å²) in [5, 5.41) is 5.50. The fourth-order valence-corrected chi connectivity index (χ4v) is 2.31. The Morgan fingerprint density at radius 1 is 1.41 bits per heavy atom. The van der Waals surface area contributed by atoms with Crippen molar-refractivity contribution in [3.8, 4) is 0 Å². The van der Waals surface area contributed by atoms with Gasteiger partial charge < -0.3 is 5.73 Å². The fourth-order valence-electron chi connectivity index (χ4n) is 2.31. The van der Waals surface area contributed by atoms with Crippen LogP contribution in [0.2, 0.25) is 0 Å². The molecule has 1 aromatic carbocycles. The second-order valence-electron chi connectivity index (χ2n) is 4.36. The van der Waals surface area contributed by atoms with Gasteiger partial charge in [0.25, 0.3) is 0 Å². The maximum atomic E-state index is 12.0. The first-order valence-corrected chi connectivity index (χ1v) is 5.67. The van der Waals surface area contributed by atoms with E-state index in [1.807, 2.05) is 28.9 Å². The summed E-state index contributed by atoms with van der Waals surface area (Å²) in [7, 11) is 1.76. The van der Waals surface area contributed by atoms with Gasteiger partial charge >= 0.3 is 0 Å². The van der Waals surface area contributed by atoms with Gasteiger partial charge in [0.2, 0.25) is 5.91 Å². The summed E-state index contributed by atoms with van der Waals surface area (Å²) in [6, 6.07) is 7.40. The van der Waals surface area contributed by atoms with Crippen molar-refractivity contribution in [1.29, 1.82) is 0 Å². The SMILES string of the molecule is CN1C(=O)C(N)CCn2nc3ccccc3c21. The number of carbonyl (C=O) groups excluding carboxylic acids is 1. The molecule has 0 radical (unpaired) electrons. The molecule has 1 atom stereocenters. The number of aromatic nitrogens is 2. The van der Waals surface area contributed by atoms with Gasteiger partial charge in [-0.1, -0.05) is 12.1 Å². The van der Waals surface area contributed by atoms with Crippen LogP contribution in [0.3, 0.4) is 0 Å². The summed E-state index contributed by atoms with van der Waals surface area (Å²) < 4.78 is 1.87. The van der Waals surface area contributed by atoms with E-state index in [0.717, 1.165) is 16.7 Å². The second kappa shape index (κ2) is 3.56. The number of amides is 1. The lowest BCUT2D eigenvalue weighted by molar-refractivity contribution is -0.119. The van der Waals surface area contributed by atoms with Crippen LogP contribution in [-0.2, 0) is 11.3 Å². The van der Waals surface area contributed by atoms with Crippen LogP contribution in [0.25, 0.3) is 10.9 Å². The van der Waals surface area contributed by atoms with Gasteiger partial charge in [-0.25, -0.2) is 4.68 Å². The minimum absolute atomic E-state index is 0.0468. The maximum absolute atomic E-state index is 12.0. The third kappa shape index (κ3) is 1.43. The van der Waals surface area contributed by atoms with Gasteiger partial charge in [0, 0.05) is 19.0 Å². The zero-order valence-corrected chi connectivity index (χ0v) is 9.63. The molecule has 5 nitrogen and oxygen atoms in total. The Balaban J connectivity index is 2.25. The molecule has 17 heavy (non-hydrogen) atoms. The second-order valence-corrected chi connectivity index (χ2v) is 4.36. The molecular weight excluding hydrogens is 216 g/mol. The van der Waals surface area contributed by atoms with Crippen molar-refractivity contribution in [2.45, 2.75) is 19.0 Å². The molecule has 2 aromatic rings. The fraction of sp³-hybridized carbons (Fsp3) is 0.333. The number of anilines is 1. The number of hydrogen-bond donors (Lipinski definition) is 1. The quantitative estimate of drug-likeness (QED) is 0.725. The molecule has 1 amide bonds. The van der Waals surface area contributed by atoms with E-state index in [1.54, 1.807) is 11.9 Å². The van der Waals surface area contributed by atoms with Crippen molar-refractivity contribution in [3.63, 3.8) is 0 Å². The summed E-state index contributed by atoms with van der Waals surface area (Å²) in [5.41, 5.74) is 6.73. The lowest BCUT2D eigenvalue weighted by Gasteiger charge is -2.17. The van der Waals surface area contributed by atoms with E-state index in [0.29, 0.717) is 13.0 Å². The topological polar surface area (TPSA) is 64.2 Å². The summed E-state index contributed by atoms with van der Waals surface area (Å²) in [5.74, 6) is 0.799. The van der Waals surface area contributed by atoms with Crippen molar-refractivity contribution in [3.05, 3.63) is 24.3 Å². The average molecular weight is 230 g/mol. The number of likely N-dealkylation sites (N-methyl/N-ethyl adjacent to an activating group) is 1. The van der Waals surface area contributed by atoms with Gasteiger partial charge in [-0.15, -0.1) is 0 Å². The molecule has 1 aliphatic heterocycles. The predicted molar refractivity (Wildman–Crippen MR) is 65.7 cm³/mol. The number of rotatable bonds is 0. The molecule has 0 bridgehead atoms. The van der Waals surface area contributed by atoms with Crippen LogP contribution >= 0.6 is 0 Å². The maximum Gasteiger partial charge on any atom is 0.244 e. The van der Waals surface area contributed by atoms with E-state index in [4.69, 9.17) is 5.73 Å². The molecule has 5 heteroatoms. The first-order chi connectivity index (χ1) is 8.18. The van der Waals surface area contributed by atoms with Crippen molar-refractivity contribution in [2.75, 3.05) is 11.9 Å². The van der Waals surface area contributed by atoms with E-state index in [9.17, 15) is 4.79 Å². The summed E-state index contributed by atoms with van der Waals surface area (Å²) in [4.78, 5) is 13.6. The summed E-state index contributed by atoms with van der Waals surface area (Å²) in [6.45, 7) is 0.682. The molecular formula is C12H14N4O. The van der Waals surface area contributed by atoms with Crippen LogP contribution in [0.15, 0.2) is 24.3 Å². The monoisotopic (exact) mass is 230 g/mol. The van der Waals surface area contributed by atoms with Crippen LogP contribution in [0, 0.1) is 0 Å². The molecule has 0 saturated carbocycles. The first kappa shape index (κ1) is 10.3. The van der Waals surface area contributed by atoms with Crippen molar-refractivity contribution >= 4 is 22.6 Å². The van der Waals surface area contributed by atoms with Crippen LogP contribution in [0.1, 0.15) is 6.42 Å². The molecule has 0 saturated heterocycles. The lowest BCUT2D eigenvalue weighted by Crippen LogP contribution is -2.40. The van der Waals surface area contributed by atoms with Crippen LogP contribution in [-0.4, -0.2) is 28.8 Å². The first-order valence-electron chi connectivity index (χ1n) is 5.67. The molecule has 2 N–H and O–H groups in total. The molecule has 1 aromatic heterocycles. The lowest BCUT2D eigenvalue weighted by atomic mass is 10.2. The highest BCUT2D eigenvalue weighted by Gasteiger charge is 2.27. The highest BCUT2D eigenvalue weighted by Crippen LogP contribution is 2.28. The molecule has 1 unspecified atom stereocenters. The summed E-state index contributed by atoms with van der Waals surface area (Å²) in [6.07, 6.45) is 0.629. The zero-order chi connectivity index (χ0) is 12.0. The third-order valence-corrected chi connectivity index (χ3v) is 3.24. The van der Waals surface area contributed by atoms with Crippen molar-refractivity contribution in [2.24, 2.45) is 5.73 Å². The number of aryl methyl sites for hydroxylation is 1. The number of nitrogens with two attached hydrogens (primary N) is 1. The normalized spacial score (nSPS) is 20.5. The largest absolute Gasteiger partial charge is 0.320 e.